The molecule has 0 aliphatic rings. The first-order chi connectivity index (χ1) is 16.1. The lowest BCUT2D eigenvalue weighted by Crippen LogP contribution is -1.86. The zero-order chi connectivity index (χ0) is 22.4. The summed E-state index contributed by atoms with van der Waals surface area (Å²) in [6, 6.07) is 26.8. The zero-order valence-electron chi connectivity index (χ0n) is 17.9. The van der Waals surface area contributed by atoms with Crippen LogP contribution in [0.2, 0.25) is 0 Å². The Morgan fingerprint density at radius 3 is 1.50 bits per heavy atom. The third-order valence-electron chi connectivity index (χ3n) is 5.46. The molecule has 8 heteroatoms. The Morgan fingerprint density at radius 1 is 0.588 bits per heavy atom. The molecule has 7 nitrogen and oxygen atoms in total. The summed E-state index contributed by atoms with van der Waals surface area (Å²) in [4.78, 5) is 16.0. The first-order valence-electron chi connectivity index (χ1n) is 10.5. The van der Waals surface area contributed by atoms with E-state index in [-0.39, 0.29) is 12.4 Å². The molecule has 6 rings (SSSR count). The van der Waals surface area contributed by atoms with Crippen molar-refractivity contribution in [3.8, 4) is 34.3 Å². The maximum atomic E-state index is 6.13. The summed E-state index contributed by atoms with van der Waals surface area (Å²) in [7, 11) is 0. The van der Waals surface area contributed by atoms with E-state index in [1.54, 1.807) is 0 Å². The number of hydrogen-bond acceptors (Lipinski definition) is 5. The largest absolute Gasteiger partial charge is 0.457 e. The van der Waals surface area contributed by atoms with E-state index in [9.17, 15) is 0 Å². The highest BCUT2D eigenvalue weighted by Crippen LogP contribution is 2.30. The van der Waals surface area contributed by atoms with Crippen LogP contribution in [0.3, 0.4) is 0 Å². The minimum atomic E-state index is 0. The van der Waals surface area contributed by atoms with Crippen LogP contribution in [0.1, 0.15) is 0 Å². The molecule has 0 spiro atoms. The molecular formula is C26H21ClN6O. The Bertz CT molecular complexity index is 1520. The van der Waals surface area contributed by atoms with Crippen LogP contribution in [-0.2, 0) is 0 Å². The SMILES string of the molecule is Cl.Nc1cccc(-c2nc3ccc(Oc4ccc5nc(-c6cccc(N)c6)[nH]c5c4)cc3[nH]2)c1. The minimum absolute atomic E-state index is 0. The highest BCUT2D eigenvalue weighted by atomic mass is 35.5. The zero-order valence-corrected chi connectivity index (χ0v) is 18.8. The lowest BCUT2D eigenvalue weighted by atomic mass is 10.2. The van der Waals surface area contributed by atoms with E-state index in [0.29, 0.717) is 22.9 Å². The Balaban J connectivity index is 0.00000241. The summed E-state index contributed by atoms with van der Waals surface area (Å²) in [6.07, 6.45) is 0. The topological polar surface area (TPSA) is 119 Å². The quantitative estimate of drug-likeness (QED) is 0.231. The van der Waals surface area contributed by atoms with Crippen LogP contribution in [0.5, 0.6) is 11.5 Å². The third-order valence-corrected chi connectivity index (χ3v) is 5.46. The molecule has 168 valence electrons. The average molecular weight is 469 g/mol. The van der Waals surface area contributed by atoms with E-state index >= 15 is 0 Å². The van der Waals surface area contributed by atoms with Crippen molar-refractivity contribution in [2.24, 2.45) is 0 Å². The third kappa shape index (κ3) is 4.00. The van der Waals surface area contributed by atoms with Crippen molar-refractivity contribution >= 4 is 45.8 Å². The van der Waals surface area contributed by atoms with E-state index in [0.717, 1.165) is 44.8 Å². The Kier molecular flexibility index (Phi) is 5.31. The van der Waals surface area contributed by atoms with E-state index < -0.39 is 0 Å². The maximum absolute atomic E-state index is 6.13. The number of fused-ring (bicyclic) bond motifs is 2. The van der Waals surface area contributed by atoms with Crippen LogP contribution in [0, 0.1) is 0 Å². The maximum Gasteiger partial charge on any atom is 0.138 e. The van der Waals surface area contributed by atoms with Crippen LogP contribution < -0.4 is 16.2 Å². The van der Waals surface area contributed by atoms with Crippen molar-refractivity contribution in [1.29, 1.82) is 0 Å². The molecule has 0 amide bonds. The molecule has 6 aromatic rings. The van der Waals surface area contributed by atoms with Crippen molar-refractivity contribution < 1.29 is 4.74 Å². The number of nitrogens with zero attached hydrogens (tertiary/aromatic N) is 2. The molecule has 0 atom stereocenters. The molecule has 34 heavy (non-hydrogen) atoms. The van der Waals surface area contributed by atoms with Crippen LogP contribution in [0.25, 0.3) is 44.8 Å². The van der Waals surface area contributed by atoms with Crippen LogP contribution in [0.15, 0.2) is 84.9 Å². The van der Waals surface area contributed by atoms with E-state index in [2.05, 4.69) is 19.9 Å². The highest BCUT2D eigenvalue weighted by molar-refractivity contribution is 5.85. The first kappa shape index (κ1) is 21.4. The summed E-state index contributed by atoms with van der Waals surface area (Å²) in [5.74, 6) is 2.95. The van der Waals surface area contributed by atoms with Gasteiger partial charge in [0.1, 0.15) is 23.1 Å². The molecule has 0 aliphatic heterocycles. The molecular weight excluding hydrogens is 448 g/mol. The standard InChI is InChI=1S/C26H20N6O.ClH/c27-17-5-1-3-15(11-17)25-29-21-9-7-19(13-23(21)31-25)33-20-8-10-22-24(14-20)32-26(30-22)16-4-2-6-18(28)12-16;/h1-14H,27-28H2,(H,29,31)(H,30,32);1H. The van der Waals surface area contributed by atoms with Gasteiger partial charge < -0.3 is 26.2 Å². The number of nitrogens with two attached hydrogens (primary N) is 2. The molecule has 0 aliphatic carbocycles. The van der Waals surface area contributed by atoms with Crippen molar-refractivity contribution in [2.45, 2.75) is 0 Å². The van der Waals surface area contributed by atoms with Gasteiger partial charge in [0, 0.05) is 34.6 Å². The van der Waals surface area contributed by atoms with Crippen LogP contribution in [-0.4, -0.2) is 19.9 Å². The second-order valence-electron chi connectivity index (χ2n) is 7.88. The fourth-order valence-corrected chi connectivity index (χ4v) is 3.89. The van der Waals surface area contributed by atoms with Gasteiger partial charge in [-0.05, 0) is 48.5 Å². The summed E-state index contributed by atoms with van der Waals surface area (Å²) < 4.78 is 6.13. The molecule has 6 N–H and O–H groups in total. The molecule has 2 heterocycles. The molecule has 0 radical (unpaired) electrons. The van der Waals surface area contributed by atoms with Gasteiger partial charge in [-0.3, -0.25) is 0 Å². The molecule has 4 aromatic carbocycles. The van der Waals surface area contributed by atoms with E-state index in [1.807, 2.05) is 84.9 Å². The number of hydrogen-bond donors (Lipinski definition) is 4. The van der Waals surface area contributed by atoms with Crippen molar-refractivity contribution in [3.63, 3.8) is 0 Å². The number of anilines is 2. The lowest BCUT2D eigenvalue weighted by Gasteiger charge is -2.05. The van der Waals surface area contributed by atoms with Crippen LogP contribution in [0.4, 0.5) is 11.4 Å². The Labute approximate surface area is 201 Å². The number of rotatable bonds is 4. The van der Waals surface area contributed by atoms with Gasteiger partial charge in [-0.2, -0.15) is 0 Å². The van der Waals surface area contributed by atoms with Gasteiger partial charge >= 0.3 is 0 Å². The summed E-state index contributed by atoms with van der Waals surface area (Å²) in [5.41, 5.74) is 18.6. The summed E-state index contributed by atoms with van der Waals surface area (Å²) >= 11 is 0. The fraction of sp³-hybridized carbons (Fsp3) is 0. The predicted octanol–water partition coefficient (Wildman–Crippen LogP) is 6.15. The fourth-order valence-electron chi connectivity index (χ4n) is 3.89. The summed E-state index contributed by atoms with van der Waals surface area (Å²) in [5, 5.41) is 0. The van der Waals surface area contributed by atoms with Gasteiger partial charge in [0.25, 0.3) is 0 Å². The molecule has 2 aromatic heterocycles. The van der Waals surface area contributed by atoms with Gasteiger partial charge in [-0.25, -0.2) is 9.97 Å². The molecule has 0 fully saturated rings. The van der Waals surface area contributed by atoms with Crippen molar-refractivity contribution in [3.05, 3.63) is 84.9 Å². The minimum Gasteiger partial charge on any atom is -0.457 e. The molecule has 0 unspecified atom stereocenters. The molecule has 0 bridgehead atoms. The predicted molar refractivity (Wildman–Crippen MR) is 139 cm³/mol. The van der Waals surface area contributed by atoms with Gasteiger partial charge in [0.2, 0.25) is 0 Å². The number of benzene rings is 4. The molecule has 0 saturated heterocycles. The van der Waals surface area contributed by atoms with Gasteiger partial charge in [0.05, 0.1) is 22.1 Å². The second kappa shape index (κ2) is 8.46. The van der Waals surface area contributed by atoms with Crippen molar-refractivity contribution in [1.82, 2.24) is 19.9 Å². The van der Waals surface area contributed by atoms with E-state index in [4.69, 9.17) is 16.2 Å². The number of H-pyrrole nitrogens is 2. The average Bonchev–Trinajstić information content (AvgIpc) is 3.43. The van der Waals surface area contributed by atoms with Gasteiger partial charge in [-0.1, -0.05) is 24.3 Å². The molecule has 0 saturated carbocycles. The number of aromatic amines is 2. The number of nitrogen functional groups attached to an aromatic ring is 2. The van der Waals surface area contributed by atoms with Gasteiger partial charge in [0.15, 0.2) is 0 Å². The lowest BCUT2D eigenvalue weighted by molar-refractivity contribution is 0.484. The second-order valence-corrected chi connectivity index (χ2v) is 7.88. The number of nitrogens with one attached hydrogen (secondary N) is 2. The Morgan fingerprint density at radius 2 is 1.06 bits per heavy atom. The monoisotopic (exact) mass is 468 g/mol. The number of halogens is 1. The van der Waals surface area contributed by atoms with Crippen LogP contribution >= 0.6 is 12.4 Å². The summed E-state index contributed by atoms with van der Waals surface area (Å²) in [6.45, 7) is 0. The number of imidazole rings is 2. The number of aromatic nitrogens is 4. The van der Waals surface area contributed by atoms with Gasteiger partial charge in [-0.15, -0.1) is 12.4 Å². The Hall–Kier alpha value is -4.49. The normalized spacial score (nSPS) is 10.9. The smallest absolute Gasteiger partial charge is 0.138 e. The number of ether oxygens (including phenoxy) is 1. The first-order valence-corrected chi connectivity index (χ1v) is 10.5. The van der Waals surface area contributed by atoms with E-state index in [1.165, 1.54) is 0 Å². The van der Waals surface area contributed by atoms with Crippen molar-refractivity contribution in [2.75, 3.05) is 11.5 Å². The highest BCUT2D eigenvalue weighted by Gasteiger charge is 2.10.